The van der Waals surface area contributed by atoms with Crippen LogP contribution in [0.1, 0.15) is 30.0 Å². The van der Waals surface area contributed by atoms with Crippen LogP contribution in [0.15, 0.2) is 60.7 Å². The topological polar surface area (TPSA) is 32.3 Å². The van der Waals surface area contributed by atoms with Crippen LogP contribution >= 0.6 is 0 Å². The Morgan fingerprint density at radius 3 is 1.80 bits per heavy atom. The Morgan fingerprint density at radius 1 is 0.920 bits per heavy atom. The number of piperidine rings is 1. The molecule has 0 aromatic heterocycles. The fraction of sp³-hybridized carbons (Fsp3) is 0.250. The highest BCUT2D eigenvalue weighted by Crippen LogP contribution is 2.24. The summed E-state index contributed by atoms with van der Waals surface area (Å²) in [6, 6.07) is 11.2. The van der Waals surface area contributed by atoms with E-state index in [1.807, 2.05) is 0 Å². The molecule has 0 saturated carbocycles. The largest absolute Gasteiger partial charge is 0.327 e. The van der Waals surface area contributed by atoms with Crippen molar-refractivity contribution in [1.82, 2.24) is 10.2 Å². The summed E-state index contributed by atoms with van der Waals surface area (Å²) in [5, 5.41) is 2.99. The van der Waals surface area contributed by atoms with E-state index in [-0.39, 0.29) is 17.7 Å². The van der Waals surface area contributed by atoms with Crippen molar-refractivity contribution in [1.29, 1.82) is 0 Å². The van der Waals surface area contributed by atoms with E-state index < -0.39 is 6.04 Å². The summed E-state index contributed by atoms with van der Waals surface area (Å²) >= 11 is 0. The second kappa shape index (κ2) is 7.47. The molecule has 1 N–H and O–H groups in total. The molecule has 1 heterocycles. The zero-order valence-electron chi connectivity index (χ0n) is 13.8. The lowest BCUT2D eigenvalue weighted by molar-refractivity contribution is 0.191. The quantitative estimate of drug-likeness (QED) is 0.823. The summed E-state index contributed by atoms with van der Waals surface area (Å²) in [4.78, 5) is 14.4. The molecule has 0 radical (unpaired) electrons. The summed E-state index contributed by atoms with van der Waals surface area (Å²) in [5.41, 5.74) is 2.63. The third-order valence-corrected chi connectivity index (χ3v) is 4.43. The van der Waals surface area contributed by atoms with E-state index in [9.17, 15) is 13.6 Å². The molecule has 5 heteroatoms. The Labute approximate surface area is 146 Å². The molecule has 3 rings (SSSR count). The average Bonchev–Trinajstić information content (AvgIpc) is 2.62. The van der Waals surface area contributed by atoms with Crippen molar-refractivity contribution in [2.45, 2.75) is 18.9 Å². The molecule has 1 saturated heterocycles. The average molecular weight is 342 g/mol. The van der Waals surface area contributed by atoms with Crippen molar-refractivity contribution >= 4 is 6.03 Å². The zero-order valence-corrected chi connectivity index (χ0v) is 13.8. The second-order valence-electron chi connectivity index (χ2n) is 6.22. The van der Waals surface area contributed by atoms with Crippen molar-refractivity contribution in [3.63, 3.8) is 0 Å². The molecule has 0 spiro atoms. The van der Waals surface area contributed by atoms with Crippen LogP contribution in [-0.4, -0.2) is 24.0 Å². The number of hydrogen-bond donors (Lipinski definition) is 1. The third-order valence-electron chi connectivity index (χ3n) is 4.43. The van der Waals surface area contributed by atoms with Gasteiger partial charge in [-0.2, -0.15) is 0 Å². The van der Waals surface area contributed by atoms with Crippen LogP contribution in [0.25, 0.3) is 0 Å². The summed E-state index contributed by atoms with van der Waals surface area (Å²) < 4.78 is 26.5. The van der Waals surface area contributed by atoms with E-state index in [1.54, 1.807) is 29.2 Å². The van der Waals surface area contributed by atoms with Crippen molar-refractivity contribution in [3.8, 4) is 0 Å². The Kier molecular flexibility index (Phi) is 5.12. The van der Waals surface area contributed by atoms with Crippen LogP contribution in [0.2, 0.25) is 0 Å². The second-order valence-corrected chi connectivity index (χ2v) is 6.22. The Morgan fingerprint density at radius 2 is 1.36 bits per heavy atom. The molecular weight excluding hydrogens is 322 g/mol. The maximum atomic E-state index is 13.2. The number of nitrogens with zero attached hydrogens (tertiary/aromatic N) is 1. The highest BCUT2D eigenvalue weighted by molar-refractivity contribution is 5.75. The van der Waals surface area contributed by atoms with Crippen molar-refractivity contribution in [2.24, 2.45) is 0 Å². The van der Waals surface area contributed by atoms with Crippen LogP contribution in [0.3, 0.4) is 0 Å². The first-order valence-electron chi connectivity index (χ1n) is 8.26. The van der Waals surface area contributed by atoms with Gasteiger partial charge in [0.15, 0.2) is 0 Å². The summed E-state index contributed by atoms with van der Waals surface area (Å²) in [5.74, 6) is -0.690. The highest BCUT2D eigenvalue weighted by atomic mass is 19.1. The lowest BCUT2D eigenvalue weighted by Gasteiger charge is -2.30. The smallest absolute Gasteiger partial charge is 0.318 e. The van der Waals surface area contributed by atoms with Gasteiger partial charge in [-0.3, -0.25) is 0 Å². The fourth-order valence-corrected chi connectivity index (χ4v) is 2.91. The molecule has 25 heavy (non-hydrogen) atoms. The first kappa shape index (κ1) is 17.1. The van der Waals surface area contributed by atoms with E-state index in [2.05, 4.69) is 11.9 Å². The minimum atomic E-state index is -0.473. The number of rotatable bonds is 3. The highest BCUT2D eigenvalue weighted by Gasteiger charge is 2.23. The van der Waals surface area contributed by atoms with Crippen molar-refractivity contribution < 1.29 is 13.6 Å². The number of carbonyl (C=O) groups is 1. The maximum absolute atomic E-state index is 13.2. The normalized spacial score (nSPS) is 14.7. The zero-order chi connectivity index (χ0) is 17.8. The molecule has 2 aromatic carbocycles. The van der Waals surface area contributed by atoms with Gasteiger partial charge in [0.1, 0.15) is 11.6 Å². The van der Waals surface area contributed by atoms with Gasteiger partial charge in [0.2, 0.25) is 0 Å². The summed E-state index contributed by atoms with van der Waals surface area (Å²) in [6.45, 7) is 5.21. The third kappa shape index (κ3) is 4.24. The van der Waals surface area contributed by atoms with Gasteiger partial charge < -0.3 is 10.2 Å². The molecular formula is C20H20F2N2O. The summed E-state index contributed by atoms with van der Waals surface area (Å²) in [7, 11) is 0. The first-order chi connectivity index (χ1) is 12.0. The summed E-state index contributed by atoms with van der Waals surface area (Å²) in [6.07, 6.45) is 1.59. The molecule has 0 bridgehead atoms. The Hall–Kier alpha value is -2.69. The van der Waals surface area contributed by atoms with Crippen LogP contribution in [0.4, 0.5) is 13.6 Å². The molecule has 2 amide bonds. The monoisotopic (exact) mass is 342 g/mol. The SMILES string of the molecule is C=C1CCN(C(=O)NC(c2ccc(F)cc2)c2ccc(F)cc2)CC1. The van der Waals surface area contributed by atoms with Crippen LogP contribution < -0.4 is 5.32 Å². The number of carbonyl (C=O) groups excluding carboxylic acids is 1. The van der Waals surface area contributed by atoms with E-state index in [4.69, 9.17) is 0 Å². The number of hydrogen-bond acceptors (Lipinski definition) is 1. The molecule has 1 fully saturated rings. The lowest BCUT2D eigenvalue weighted by atomic mass is 9.98. The number of urea groups is 1. The van der Waals surface area contributed by atoms with Crippen molar-refractivity contribution in [2.75, 3.05) is 13.1 Å². The minimum Gasteiger partial charge on any atom is -0.327 e. The number of amides is 2. The van der Waals surface area contributed by atoms with Gasteiger partial charge >= 0.3 is 6.03 Å². The van der Waals surface area contributed by atoms with Crippen molar-refractivity contribution in [3.05, 3.63) is 83.4 Å². The molecule has 0 aliphatic carbocycles. The number of nitrogens with one attached hydrogen (secondary N) is 1. The van der Waals surface area contributed by atoms with Gasteiger partial charge in [0.05, 0.1) is 6.04 Å². The Bertz CT molecular complexity index is 701. The molecule has 0 unspecified atom stereocenters. The molecule has 130 valence electrons. The van der Waals surface area contributed by atoms with E-state index in [1.165, 1.54) is 24.3 Å². The standard InChI is InChI=1S/C20H20F2N2O/c1-14-10-12-24(13-11-14)20(25)23-19(15-2-6-17(21)7-3-15)16-4-8-18(22)9-5-16/h2-9,19H,1,10-13H2,(H,23,25). The van der Waals surface area contributed by atoms with Gasteiger partial charge in [-0.1, -0.05) is 36.4 Å². The maximum Gasteiger partial charge on any atom is 0.318 e. The number of halogens is 2. The molecule has 1 aliphatic rings. The van der Waals surface area contributed by atoms with Crippen LogP contribution in [-0.2, 0) is 0 Å². The van der Waals surface area contributed by atoms with E-state index in [0.717, 1.165) is 29.5 Å². The van der Waals surface area contributed by atoms with Gasteiger partial charge in [0.25, 0.3) is 0 Å². The fourth-order valence-electron chi connectivity index (χ4n) is 2.91. The molecule has 1 aliphatic heterocycles. The Balaban J connectivity index is 1.83. The number of likely N-dealkylation sites (tertiary alicyclic amines) is 1. The molecule has 0 atom stereocenters. The lowest BCUT2D eigenvalue weighted by Crippen LogP contribution is -2.44. The van der Waals surface area contributed by atoms with Gasteiger partial charge in [-0.15, -0.1) is 0 Å². The predicted octanol–water partition coefficient (Wildman–Crippen LogP) is 4.42. The van der Waals surface area contributed by atoms with E-state index >= 15 is 0 Å². The first-order valence-corrected chi connectivity index (χ1v) is 8.26. The predicted molar refractivity (Wildman–Crippen MR) is 93.1 cm³/mol. The van der Waals surface area contributed by atoms with Gasteiger partial charge in [-0.25, -0.2) is 13.6 Å². The van der Waals surface area contributed by atoms with Gasteiger partial charge in [-0.05, 0) is 48.2 Å². The number of benzene rings is 2. The van der Waals surface area contributed by atoms with Gasteiger partial charge in [0, 0.05) is 13.1 Å². The minimum absolute atomic E-state index is 0.189. The molecule has 3 nitrogen and oxygen atoms in total. The molecule has 2 aromatic rings. The van der Waals surface area contributed by atoms with E-state index in [0.29, 0.717) is 13.1 Å². The van der Waals surface area contributed by atoms with Crippen LogP contribution in [0.5, 0.6) is 0 Å². The van der Waals surface area contributed by atoms with Crippen LogP contribution in [0, 0.1) is 11.6 Å².